The first kappa shape index (κ1) is 9.39. The normalized spacial score (nSPS) is 17.5. The Bertz CT molecular complexity index is 103. The van der Waals surface area contributed by atoms with Crippen LogP contribution in [0.1, 0.15) is 19.8 Å². The Hall–Kier alpha value is -0.610. The third kappa shape index (κ3) is 5.53. The zero-order valence-electron chi connectivity index (χ0n) is 5.94. The lowest BCUT2D eigenvalue weighted by molar-refractivity contribution is 0.152. The van der Waals surface area contributed by atoms with E-state index in [2.05, 4.69) is 5.16 Å². The van der Waals surface area contributed by atoms with Crippen molar-refractivity contribution in [2.75, 3.05) is 0 Å². The fourth-order valence-electron chi connectivity index (χ4n) is 0.563. The topological polar surface area (TPSA) is 73.0 Å². The Morgan fingerprint density at radius 1 is 1.40 bits per heavy atom. The molecule has 10 heavy (non-hydrogen) atoms. The summed E-state index contributed by atoms with van der Waals surface area (Å²) in [7, 11) is 0. The minimum Gasteiger partial charge on any atom is -0.411 e. The first-order chi connectivity index (χ1) is 4.66. The summed E-state index contributed by atoms with van der Waals surface area (Å²) in [6.45, 7) is 1.64. The molecule has 0 aromatic carbocycles. The van der Waals surface area contributed by atoms with Crippen LogP contribution in [0.5, 0.6) is 0 Å². The van der Waals surface area contributed by atoms with Gasteiger partial charge >= 0.3 is 0 Å². The van der Waals surface area contributed by atoms with E-state index in [0.29, 0.717) is 12.8 Å². The molecular weight excluding hydrogens is 134 g/mol. The first-order valence-corrected chi connectivity index (χ1v) is 3.20. The zero-order valence-corrected chi connectivity index (χ0v) is 5.94. The fraction of sp³-hybridized carbons (Fsp3) is 0.833. The molecule has 0 heterocycles. The van der Waals surface area contributed by atoms with Crippen LogP contribution in [0.4, 0.5) is 0 Å². The predicted molar refractivity (Wildman–Crippen MR) is 37.2 cm³/mol. The average molecular weight is 147 g/mol. The molecule has 0 bridgehead atoms. The minimum absolute atomic E-state index is 0.415. The molecule has 4 heteroatoms. The highest BCUT2D eigenvalue weighted by molar-refractivity contribution is 5.61. The van der Waals surface area contributed by atoms with Crippen molar-refractivity contribution >= 4 is 6.21 Å². The molecule has 0 aromatic rings. The lowest BCUT2D eigenvalue weighted by atomic mass is 10.1. The van der Waals surface area contributed by atoms with Gasteiger partial charge in [-0.2, -0.15) is 0 Å². The molecule has 2 unspecified atom stereocenters. The molecule has 2 atom stereocenters. The van der Waals surface area contributed by atoms with Crippen molar-refractivity contribution in [3.05, 3.63) is 0 Å². The summed E-state index contributed by atoms with van der Waals surface area (Å²) in [5, 5.41) is 28.2. The summed E-state index contributed by atoms with van der Waals surface area (Å²) < 4.78 is 0. The van der Waals surface area contributed by atoms with Crippen LogP contribution in [0, 0.1) is 0 Å². The predicted octanol–water partition coefficient (Wildman–Crippen LogP) is -0.0317. The minimum atomic E-state index is -0.750. The molecule has 0 amide bonds. The van der Waals surface area contributed by atoms with Crippen molar-refractivity contribution in [3.63, 3.8) is 0 Å². The van der Waals surface area contributed by atoms with Crippen molar-refractivity contribution in [2.45, 2.75) is 32.0 Å². The van der Waals surface area contributed by atoms with Gasteiger partial charge in [0.05, 0.1) is 18.4 Å². The molecule has 0 saturated carbocycles. The van der Waals surface area contributed by atoms with Gasteiger partial charge in [0.2, 0.25) is 0 Å². The monoisotopic (exact) mass is 147 g/mol. The summed E-state index contributed by atoms with van der Waals surface area (Å²) in [4.78, 5) is 0. The number of nitrogens with zero attached hydrogens (tertiary/aromatic N) is 1. The van der Waals surface area contributed by atoms with Crippen LogP contribution >= 0.6 is 0 Å². The van der Waals surface area contributed by atoms with Gasteiger partial charge in [-0.05, 0) is 19.8 Å². The highest BCUT2D eigenvalue weighted by Crippen LogP contribution is 1.98. The van der Waals surface area contributed by atoms with Crippen molar-refractivity contribution in [1.29, 1.82) is 0 Å². The molecule has 60 valence electrons. The standard InChI is InChI=1S/C6H13NO3/c1-5(8)2-3-6(9)4-7-10/h4-6,8-10H,2-3H2,1H3/b7-4+. The van der Waals surface area contributed by atoms with E-state index in [1.165, 1.54) is 0 Å². The van der Waals surface area contributed by atoms with Gasteiger partial charge in [-0.25, -0.2) is 0 Å². The Balaban J connectivity index is 3.30. The molecule has 0 saturated heterocycles. The molecule has 0 rings (SSSR count). The first-order valence-electron chi connectivity index (χ1n) is 3.20. The van der Waals surface area contributed by atoms with Crippen LogP contribution in [0.15, 0.2) is 5.16 Å². The molecule has 0 radical (unpaired) electrons. The van der Waals surface area contributed by atoms with Crippen LogP contribution in [0.25, 0.3) is 0 Å². The van der Waals surface area contributed by atoms with E-state index in [-0.39, 0.29) is 0 Å². The summed E-state index contributed by atoms with van der Waals surface area (Å²) in [6.07, 6.45) is 0.790. The Kier molecular flexibility index (Phi) is 4.88. The molecule has 0 aliphatic carbocycles. The van der Waals surface area contributed by atoms with E-state index >= 15 is 0 Å². The molecule has 0 aliphatic heterocycles. The summed E-state index contributed by atoms with van der Waals surface area (Å²) >= 11 is 0. The number of rotatable bonds is 4. The maximum atomic E-state index is 8.88. The molecule has 0 spiro atoms. The maximum absolute atomic E-state index is 8.88. The molecule has 3 N–H and O–H groups in total. The van der Waals surface area contributed by atoms with E-state index in [1.54, 1.807) is 6.92 Å². The van der Waals surface area contributed by atoms with E-state index in [9.17, 15) is 0 Å². The third-order valence-electron chi connectivity index (χ3n) is 1.12. The highest BCUT2D eigenvalue weighted by atomic mass is 16.4. The smallest absolute Gasteiger partial charge is 0.0925 e. The third-order valence-corrected chi connectivity index (χ3v) is 1.12. The van der Waals surface area contributed by atoms with Gasteiger partial charge < -0.3 is 15.4 Å². The molecule has 0 aromatic heterocycles. The molecule has 0 fully saturated rings. The largest absolute Gasteiger partial charge is 0.411 e. The lowest BCUT2D eigenvalue weighted by Gasteiger charge is -2.04. The van der Waals surface area contributed by atoms with Gasteiger partial charge in [0.1, 0.15) is 0 Å². The second kappa shape index (κ2) is 5.20. The number of hydrogen-bond acceptors (Lipinski definition) is 4. The SMILES string of the molecule is CC(O)CCC(O)/C=N/O. The quantitative estimate of drug-likeness (QED) is 0.297. The summed E-state index contributed by atoms with van der Waals surface area (Å²) in [6, 6.07) is 0. The van der Waals surface area contributed by atoms with Crippen molar-refractivity contribution in [1.82, 2.24) is 0 Å². The van der Waals surface area contributed by atoms with Crippen molar-refractivity contribution in [3.8, 4) is 0 Å². The van der Waals surface area contributed by atoms with E-state index in [0.717, 1.165) is 6.21 Å². The Morgan fingerprint density at radius 2 is 2.00 bits per heavy atom. The van der Waals surface area contributed by atoms with Gasteiger partial charge in [0.25, 0.3) is 0 Å². The van der Waals surface area contributed by atoms with Crippen LogP contribution in [-0.4, -0.2) is 33.8 Å². The van der Waals surface area contributed by atoms with Crippen LogP contribution in [0.3, 0.4) is 0 Å². The number of aliphatic hydroxyl groups excluding tert-OH is 2. The van der Waals surface area contributed by atoms with Gasteiger partial charge in [-0.3, -0.25) is 0 Å². The van der Waals surface area contributed by atoms with Gasteiger partial charge in [0, 0.05) is 0 Å². The molecule has 0 aliphatic rings. The van der Waals surface area contributed by atoms with Gasteiger partial charge in [-0.15, -0.1) is 0 Å². The van der Waals surface area contributed by atoms with Crippen molar-refractivity contribution < 1.29 is 15.4 Å². The summed E-state index contributed by atoms with van der Waals surface area (Å²) in [5.74, 6) is 0. The fourth-order valence-corrected chi connectivity index (χ4v) is 0.563. The summed E-state index contributed by atoms with van der Waals surface area (Å²) in [5.41, 5.74) is 0. The average Bonchev–Trinajstić information content (AvgIpc) is 1.85. The van der Waals surface area contributed by atoms with Crippen LogP contribution < -0.4 is 0 Å². The zero-order chi connectivity index (χ0) is 7.98. The van der Waals surface area contributed by atoms with Crippen molar-refractivity contribution in [2.24, 2.45) is 5.16 Å². The highest BCUT2D eigenvalue weighted by Gasteiger charge is 2.02. The number of oxime groups is 1. The van der Waals surface area contributed by atoms with Crippen LogP contribution in [-0.2, 0) is 0 Å². The second-order valence-corrected chi connectivity index (χ2v) is 2.26. The number of hydrogen-bond donors (Lipinski definition) is 3. The lowest BCUT2D eigenvalue weighted by Crippen LogP contribution is -2.11. The Morgan fingerprint density at radius 3 is 2.40 bits per heavy atom. The number of aliphatic hydroxyl groups is 2. The Labute approximate surface area is 59.8 Å². The maximum Gasteiger partial charge on any atom is 0.0925 e. The van der Waals surface area contributed by atoms with E-state index < -0.39 is 12.2 Å². The van der Waals surface area contributed by atoms with E-state index in [1.807, 2.05) is 0 Å². The van der Waals surface area contributed by atoms with Gasteiger partial charge in [-0.1, -0.05) is 5.16 Å². The molecular formula is C6H13NO3. The second-order valence-electron chi connectivity index (χ2n) is 2.26. The molecule has 4 nitrogen and oxygen atoms in total. The van der Waals surface area contributed by atoms with Crippen LogP contribution in [0.2, 0.25) is 0 Å². The van der Waals surface area contributed by atoms with E-state index in [4.69, 9.17) is 15.4 Å². The van der Waals surface area contributed by atoms with Gasteiger partial charge in [0.15, 0.2) is 0 Å².